The quantitative estimate of drug-likeness (QED) is 0.299. The van der Waals surface area contributed by atoms with Gasteiger partial charge in [0.15, 0.2) is 5.13 Å². The number of hydrogen-bond donors (Lipinski definition) is 0. The highest BCUT2D eigenvalue weighted by molar-refractivity contribution is 7.91. The molecule has 35 heavy (non-hydrogen) atoms. The minimum atomic E-state index is -3.62. The fourth-order valence-electron chi connectivity index (χ4n) is 4.04. The molecule has 0 atom stereocenters. The van der Waals surface area contributed by atoms with Crippen molar-refractivity contribution in [2.24, 2.45) is 5.92 Å². The molecule has 0 radical (unpaired) electrons. The molecular formula is C23H20Cl2N4O3S3. The zero-order valence-corrected chi connectivity index (χ0v) is 22.3. The Hall–Kier alpha value is -2.08. The summed E-state index contributed by atoms with van der Waals surface area (Å²) < 4.78 is 28.9. The van der Waals surface area contributed by atoms with Crippen molar-refractivity contribution in [2.75, 3.05) is 18.0 Å². The number of carbonyl (C=O) groups excluding carboxylic acids is 1. The predicted molar refractivity (Wildman–Crippen MR) is 141 cm³/mol. The van der Waals surface area contributed by atoms with Crippen molar-refractivity contribution in [1.29, 1.82) is 0 Å². The molecule has 0 aliphatic carbocycles. The number of nitrogens with zero attached hydrogens (tertiary/aromatic N) is 4. The Morgan fingerprint density at radius 3 is 2.60 bits per heavy atom. The van der Waals surface area contributed by atoms with Gasteiger partial charge in [0.25, 0.3) is 10.0 Å². The molecule has 0 spiro atoms. The van der Waals surface area contributed by atoms with Crippen LogP contribution >= 0.6 is 45.9 Å². The van der Waals surface area contributed by atoms with E-state index < -0.39 is 10.0 Å². The smallest absolute Gasteiger partial charge is 0.252 e. The van der Waals surface area contributed by atoms with E-state index in [-0.39, 0.29) is 29.1 Å². The minimum Gasteiger partial charge on any atom is -0.283 e. The van der Waals surface area contributed by atoms with E-state index in [0.717, 1.165) is 27.1 Å². The van der Waals surface area contributed by atoms with Gasteiger partial charge in [-0.05, 0) is 54.8 Å². The Morgan fingerprint density at radius 2 is 1.91 bits per heavy atom. The maximum absolute atomic E-state index is 13.7. The summed E-state index contributed by atoms with van der Waals surface area (Å²) in [6.45, 7) is 0.862. The summed E-state index contributed by atoms with van der Waals surface area (Å²) in [5, 5.41) is 1.19. The molecule has 0 bridgehead atoms. The standard InChI is InChI=1S/C23H20Cl2N4O3S3/c24-17-3-4-18-19(12-17)33-23(27-18)29(14-15-2-1-9-26-13-15)22(30)16-7-10-28(11-8-16)35(31,32)21-6-5-20(25)34-21/h1-6,9,12-13,16H,7-8,10-11,14H2. The van der Waals surface area contributed by atoms with Gasteiger partial charge in [-0.25, -0.2) is 13.4 Å². The first-order valence-electron chi connectivity index (χ1n) is 10.8. The largest absolute Gasteiger partial charge is 0.283 e. The highest BCUT2D eigenvalue weighted by atomic mass is 35.5. The average Bonchev–Trinajstić information content (AvgIpc) is 3.49. The number of anilines is 1. The van der Waals surface area contributed by atoms with Crippen molar-refractivity contribution < 1.29 is 13.2 Å². The molecule has 0 unspecified atom stereocenters. The van der Waals surface area contributed by atoms with Crippen molar-refractivity contribution in [3.8, 4) is 0 Å². The van der Waals surface area contributed by atoms with Crippen LogP contribution in [0.5, 0.6) is 0 Å². The molecule has 1 amide bonds. The van der Waals surface area contributed by atoms with Crippen molar-refractivity contribution in [1.82, 2.24) is 14.3 Å². The van der Waals surface area contributed by atoms with Crippen LogP contribution in [0.2, 0.25) is 9.36 Å². The number of amides is 1. The molecule has 1 fully saturated rings. The zero-order chi connectivity index (χ0) is 24.6. The van der Waals surface area contributed by atoms with Gasteiger partial charge in [-0.2, -0.15) is 4.31 Å². The third-order valence-corrected chi connectivity index (χ3v) is 10.7. The van der Waals surface area contributed by atoms with Gasteiger partial charge in [-0.1, -0.05) is 40.6 Å². The number of halogens is 2. The number of thiophene rings is 1. The lowest BCUT2D eigenvalue weighted by Gasteiger charge is -2.32. The van der Waals surface area contributed by atoms with Crippen LogP contribution in [0, 0.1) is 5.92 Å². The summed E-state index contributed by atoms with van der Waals surface area (Å²) in [5.41, 5.74) is 1.65. The molecule has 12 heteroatoms. The van der Waals surface area contributed by atoms with Gasteiger partial charge < -0.3 is 0 Å². The lowest BCUT2D eigenvalue weighted by atomic mass is 9.96. The van der Waals surface area contributed by atoms with Crippen LogP contribution in [0.25, 0.3) is 10.2 Å². The Bertz CT molecular complexity index is 1470. The second-order valence-corrected chi connectivity index (χ2v) is 13.5. The van der Waals surface area contributed by atoms with E-state index in [1.54, 1.807) is 29.4 Å². The number of hydrogen-bond acceptors (Lipinski definition) is 7. The van der Waals surface area contributed by atoms with Gasteiger partial charge in [0.05, 0.1) is 21.1 Å². The summed E-state index contributed by atoms with van der Waals surface area (Å²) in [6.07, 6.45) is 4.27. The normalized spacial score (nSPS) is 15.5. The molecule has 1 aliphatic heterocycles. The number of aromatic nitrogens is 2. The molecule has 1 aliphatic rings. The molecule has 0 N–H and O–H groups in total. The molecule has 3 aromatic heterocycles. The second kappa shape index (κ2) is 10.1. The maximum atomic E-state index is 13.7. The summed E-state index contributed by atoms with van der Waals surface area (Å²) in [5.74, 6) is -0.393. The number of pyridine rings is 1. The van der Waals surface area contributed by atoms with Crippen molar-refractivity contribution in [2.45, 2.75) is 23.6 Å². The average molecular weight is 568 g/mol. The van der Waals surface area contributed by atoms with Crippen LogP contribution in [0.15, 0.2) is 59.1 Å². The lowest BCUT2D eigenvalue weighted by Crippen LogP contribution is -2.44. The van der Waals surface area contributed by atoms with Crippen LogP contribution in [0.1, 0.15) is 18.4 Å². The third-order valence-electron chi connectivity index (χ3n) is 5.85. The number of piperidine rings is 1. The minimum absolute atomic E-state index is 0.0739. The first-order valence-corrected chi connectivity index (χ1v) is 14.7. The van der Waals surface area contributed by atoms with Crippen LogP contribution in [0.3, 0.4) is 0 Å². The van der Waals surface area contributed by atoms with E-state index in [1.807, 2.05) is 24.3 Å². The topological polar surface area (TPSA) is 83.5 Å². The highest BCUT2D eigenvalue weighted by Gasteiger charge is 2.35. The summed E-state index contributed by atoms with van der Waals surface area (Å²) in [6, 6.07) is 12.3. The number of thiazole rings is 1. The van der Waals surface area contributed by atoms with Gasteiger partial charge in [0.1, 0.15) is 4.21 Å². The number of benzene rings is 1. The number of sulfonamides is 1. The second-order valence-electron chi connectivity index (χ2n) is 8.13. The first kappa shape index (κ1) is 24.6. The predicted octanol–water partition coefficient (Wildman–Crippen LogP) is 5.69. The van der Waals surface area contributed by atoms with E-state index in [9.17, 15) is 13.2 Å². The number of carbonyl (C=O) groups is 1. The molecule has 4 aromatic rings. The van der Waals surface area contributed by atoms with Gasteiger partial charge in [-0.15, -0.1) is 11.3 Å². The van der Waals surface area contributed by atoms with E-state index >= 15 is 0 Å². The van der Waals surface area contributed by atoms with Crippen LogP contribution < -0.4 is 4.90 Å². The van der Waals surface area contributed by atoms with Crippen molar-refractivity contribution >= 4 is 77.2 Å². The van der Waals surface area contributed by atoms with Gasteiger partial charge in [0.2, 0.25) is 5.91 Å². The first-order chi connectivity index (χ1) is 16.8. The van der Waals surface area contributed by atoms with Gasteiger partial charge >= 0.3 is 0 Å². The Morgan fingerprint density at radius 1 is 1.11 bits per heavy atom. The summed E-state index contributed by atoms with van der Waals surface area (Å²) >= 11 is 14.5. The maximum Gasteiger partial charge on any atom is 0.252 e. The van der Waals surface area contributed by atoms with Gasteiger partial charge in [0, 0.05) is 36.4 Å². The molecule has 1 saturated heterocycles. The lowest BCUT2D eigenvalue weighted by molar-refractivity contribution is -0.123. The van der Waals surface area contributed by atoms with Gasteiger partial charge in [-0.3, -0.25) is 14.7 Å². The van der Waals surface area contributed by atoms with Crippen LogP contribution in [-0.4, -0.2) is 41.7 Å². The molecule has 5 rings (SSSR count). The SMILES string of the molecule is O=C(C1CCN(S(=O)(=O)c2ccc(Cl)s2)CC1)N(Cc1cccnc1)c1nc2ccc(Cl)cc2s1. The summed E-state index contributed by atoms with van der Waals surface area (Å²) in [4.78, 5) is 24.3. The highest BCUT2D eigenvalue weighted by Crippen LogP contribution is 2.35. The zero-order valence-electron chi connectivity index (χ0n) is 18.3. The fourth-order valence-corrected chi connectivity index (χ4v) is 8.40. The van der Waals surface area contributed by atoms with E-state index in [2.05, 4.69) is 9.97 Å². The Balaban J connectivity index is 1.37. The molecule has 7 nitrogen and oxygen atoms in total. The molecular weight excluding hydrogens is 547 g/mol. The van der Waals surface area contributed by atoms with E-state index in [0.29, 0.717) is 33.9 Å². The van der Waals surface area contributed by atoms with Crippen LogP contribution in [0.4, 0.5) is 5.13 Å². The van der Waals surface area contributed by atoms with E-state index in [4.69, 9.17) is 23.2 Å². The molecule has 0 saturated carbocycles. The molecule has 1 aromatic carbocycles. The fraction of sp³-hybridized carbons (Fsp3) is 0.261. The van der Waals surface area contributed by atoms with Crippen molar-refractivity contribution in [3.05, 3.63) is 69.8 Å². The number of fused-ring (bicyclic) bond motifs is 1. The van der Waals surface area contributed by atoms with Crippen LogP contribution in [-0.2, 0) is 21.4 Å². The molecule has 4 heterocycles. The monoisotopic (exact) mass is 566 g/mol. The van der Waals surface area contributed by atoms with E-state index in [1.165, 1.54) is 21.7 Å². The number of rotatable bonds is 6. The Kier molecular flexibility index (Phi) is 7.11. The van der Waals surface area contributed by atoms with Crippen molar-refractivity contribution in [3.63, 3.8) is 0 Å². The third kappa shape index (κ3) is 5.23. The summed E-state index contributed by atoms with van der Waals surface area (Å²) in [7, 11) is -3.62. The molecule has 182 valence electrons. The Labute approximate surface area is 221 Å².